The number of rotatable bonds is 4. The van der Waals surface area contributed by atoms with Crippen molar-refractivity contribution in [3.05, 3.63) is 22.7 Å². The van der Waals surface area contributed by atoms with Crippen LogP contribution in [0.5, 0.6) is 5.75 Å². The molecule has 1 saturated heterocycles. The number of ether oxygens (including phenoxy) is 1. The maximum atomic E-state index is 12.6. The van der Waals surface area contributed by atoms with E-state index in [1.54, 1.807) is 6.07 Å². The number of nitrogens with zero attached hydrogens (tertiary/aromatic N) is 1. The highest BCUT2D eigenvalue weighted by atomic mass is 79.9. The molecular weight excluding hydrogens is 362 g/mol. The number of hydrogen-bond acceptors (Lipinski definition) is 4. The Morgan fingerprint density at radius 1 is 1.43 bits per heavy atom. The van der Waals surface area contributed by atoms with Crippen LogP contribution in [-0.2, 0) is 14.8 Å². The molecule has 0 radical (unpaired) electrons. The number of benzene rings is 1. The van der Waals surface area contributed by atoms with Crippen molar-refractivity contribution in [2.24, 2.45) is 5.92 Å². The molecule has 1 N–H and O–H groups in total. The highest BCUT2D eigenvalue weighted by molar-refractivity contribution is 9.10. The Hall–Kier alpha value is -1.12. The number of halogens is 1. The van der Waals surface area contributed by atoms with Gasteiger partial charge >= 0.3 is 5.97 Å². The van der Waals surface area contributed by atoms with E-state index in [4.69, 9.17) is 9.84 Å². The number of carbonyl (C=O) groups is 1. The summed E-state index contributed by atoms with van der Waals surface area (Å²) in [6.07, 6.45) is 1.05. The zero-order chi connectivity index (χ0) is 15.6. The van der Waals surface area contributed by atoms with Gasteiger partial charge in [0, 0.05) is 23.6 Å². The van der Waals surface area contributed by atoms with Crippen LogP contribution in [-0.4, -0.2) is 44.0 Å². The predicted molar refractivity (Wildman–Crippen MR) is 79.8 cm³/mol. The van der Waals surface area contributed by atoms with Gasteiger partial charge in [-0.25, -0.2) is 8.42 Å². The van der Waals surface area contributed by atoms with E-state index in [2.05, 4.69) is 15.9 Å². The molecule has 1 aromatic rings. The minimum absolute atomic E-state index is 0.00644. The molecule has 1 atom stereocenters. The molecule has 6 nitrogen and oxygen atoms in total. The minimum Gasteiger partial charge on any atom is -0.497 e. The molecule has 2 rings (SSSR count). The standard InChI is InChI=1S/C13H16BrNO5S/c1-20-11-5-10(14)6-12(7-11)21(18,19)15-4-2-3-9(8-15)13(16)17/h5-7,9H,2-4,8H2,1H3,(H,16,17). The summed E-state index contributed by atoms with van der Waals surface area (Å²) in [5.74, 6) is -1.18. The molecule has 1 heterocycles. The van der Waals surface area contributed by atoms with Crippen LogP contribution < -0.4 is 4.74 Å². The van der Waals surface area contributed by atoms with Crippen LogP contribution in [0.25, 0.3) is 0 Å². The van der Waals surface area contributed by atoms with Crippen LogP contribution >= 0.6 is 15.9 Å². The third-order valence-electron chi connectivity index (χ3n) is 3.45. The molecule has 0 amide bonds. The molecule has 1 aliphatic heterocycles. The Bertz CT molecular complexity index is 646. The van der Waals surface area contributed by atoms with Crippen molar-refractivity contribution >= 4 is 31.9 Å². The highest BCUT2D eigenvalue weighted by Crippen LogP contribution is 2.29. The molecule has 1 aliphatic rings. The van der Waals surface area contributed by atoms with Gasteiger partial charge in [-0.3, -0.25) is 4.79 Å². The van der Waals surface area contributed by atoms with Gasteiger partial charge in [-0.05, 0) is 25.0 Å². The van der Waals surface area contributed by atoms with E-state index in [9.17, 15) is 13.2 Å². The van der Waals surface area contributed by atoms with Crippen LogP contribution in [0.2, 0.25) is 0 Å². The van der Waals surface area contributed by atoms with Gasteiger partial charge in [-0.15, -0.1) is 0 Å². The SMILES string of the molecule is COc1cc(Br)cc(S(=O)(=O)N2CCCC(C(=O)O)C2)c1. The van der Waals surface area contributed by atoms with Crippen molar-refractivity contribution < 1.29 is 23.1 Å². The summed E-state index contributed by atoms with van der Waals surface area (Å²) in [5.41, 5.74) is 0. The number of carboxylic acid groups (broad SMARTS) is 1. The lowest BCUT2D eigenvalue weighted by molar-refractivity contribution is -0.142. The number of aliphatic carboxylic acids is 1. The monoisotopic (exact) mass is 377 g/mol. The van der Waals surface area contributed by atoms with Crippen LogP contribution in [0.1, 0.15) is 12.8 Å². The molecule has 1 fully saturated rings. The van der Waals surface area contributed by atoms with E-state index in [0.717, 1.165) is 0 Å². The Balaban J connectivity index is 2.33. The van der Waals surface area contributed by atoms with E-state index in [1.807, 2.05) is 0 Å². The number of methoxy groups -OCH3 is 1. The summed E-state index contributed by atoms with van der Waals surface area (Å²) in [5, 5.41) is 9.07. The number of carboxylic acids is 1. The molecule has 21 heavy (non-hydrogen) atoms. The molecular formula is C13H16BrNO5S. The zero-order valence-corrected chi connectivity index (χ0v) is 13.9. The second-order valence-corrected chi connectivity index (χ2v) is 7.72. The van der Waals surface area contributed by atoms with Crippen molar-refractivity contribution in [1.82, 2.24) is 4.31 Å². The fourth-order valence-electron chi connectivity index (χ4n) is 2.32. The largest absolute Gasteiger partial charge is 0.497 e. The van der Waals surface area contributed by atoms with Gasteiger partial charge in [0.2, 0.25) is 10.0 Å². The number of piperidine rings is 1. The second-order valence-electron chi connectivity index (χ2n) is 4.87. The van der Waals surface area contributed by atoms with Crippen molar-refractivity contribution in [2.45, 2.75) is 17.7 Å². The topological polar surface area (TPSA) is 83.9 Å². The summed E-state index contributed by atoms with van der Waals surface area (Å²) in [7, 11) is -2.27. The highest BCUT2D eigenvalue weighted by Gasteiger charge is 2.33. The van der Waals surface area contributed by atoms with Crippen LogP contribution in [0.3, 0.4) is 0 Å². The van der Waals surface area contributed by atoms with Gasteiger partial charge in [-0.1, -0.05) is 15.9 Å². The predicted octanol–water partition coefficient (Wildman–Crippen LogP) is 1.94. The van der Waals surface area contributed by atoms with E-state index in [-0.39, 0.29) is 11.4 Å². The van der Waals surface area contributed by atoms with Crippen molar-refractivity contribution in [3.8, 4) is 5.75 Å². The fourth-order valence-corrected chi connectivity index (χ4v) is 4.52. The van der Waals surface area contributed by atoms with Gasteiger partial charge in [0.05, 0.1) is 17.9 Å². The van der Waals surface area contributed by atoms with Gasteiger partial charge in [0.25, 0.3) is 0 Å². The summed E-state index contributed by atoms with van der Waals surface area (Å²) >= 11 is 3.25. The number of sulfonamides is 1. The van der Waals surface area contributed by atoms with Gasteiger partial charge in [0.1, 0.15) is 5.75 Å². The average Bonchev–Trinajstić information content (AvgIpc) is 2.46. The zero-order valence-electron chi connectivity index (χ0n) is 11.5. The molecule has 0 spiro atoms. The first kappa shape index (κ1) is 16.3. The van der Waals surface area contributed by atoms with Crippen molar-refractivity contribution in [2.75, 3.05) is 20.2 Å². The Kier molecular flexibility index (Phi) is 4.90. The lowest BCUT2D eigenvalue weighted by Crippen LogP contribution is -2.42. The lowest BCUT2D eigenvalue weighted by atomic mass is 10.0. The Labute approximate surface area is 131 Å². The summed E-state index contributed by atoms with van der Waals surface area (Å²) < 4.78 is 32.2. The molecule has 8 heteroatoms. The van der Waals surface area contributed by atoms with Crippen molar-refractivity contribution in [1.29, 1.82) is 0 Å². The van der Waals surface area contributed by atoms with Gasteiger partial charge in [0.15, 0.2) is 0 Å². The molecule has 116 valence electrons. The van der Waals surface area contributed by atoms with E-state index < -0.39 is 21.9 Å². The smallest absolute Gasteiger partial charge is 0.307 e. The molecule has 0 aromatic heterocycles. The van der Waals surface area contributed by atoms with E-state index in [0.29, 0.717) is 29.6 Å². The summed E-state index contributed by atoms with van der Waals surface area (Å²) in [6, 6.07) is 4.59. The maximum absolute atomic E-state index is 12.6. The third kappa shape index (κ3) is 3.56. The minimum atomic E-state index is -3.72. The van der Waals surface area contributed by atoms with Gasteiger partial charge in [-0.2, -0.15) is 4.31 Å². The molecule has 0 bridgehead atoms. The van der Waals surface area contributed by atoms with Crippen LogP contribution in [0, 0.1) is 5.92 Å². The molecule has 0 aliphatic carbocycles. The van der Waals surface area contributed by atoms with Gasteiger partial charge < -0.3 is 9.84 Å². The molecule has 0 saturated carbocycles. The normalized spacial score (nSPS) is 20.2. The van der Waals surface area contributed by atoms with Crippen LogP contribution in [0.4, 0.5) is 0 Å². The number of hydrogen-bond donors (Lipinski definition) is 1. The average molecular weight is 378 g/mol. The lowest BCUT2D eigenvalue weighted by Gasteiger charge is -2.29. The first-order chi connectivity index (χ1) is 9.84. The first-order valence-corrected chi connectivity index (χ1v) is 8.65. The first-order valence-electron chi connectivity index (χ1n) is 6.42. The van der Waals surface area contributed by atoms with E-state index >= 15 is 0 Å². The fraction of sp³-hybridized carbons (Fsp3) is 0.462. The van der Waals surface area contributed by atoms with Crippen molar-refractivity contribution in [3.63, 3.8) is 0 Å². The Morgan fingerprint density at radius 2 is 2.14 bits per heavy atom. The molecule has 1 unspecified atom stereocenters. The quantitative estimate of drug-likeness (QED) is 0.866. The second kappa shape index (κ2) is 6.33. The third-order valence-corrected chi connectivity index (χ3v) is 5.75. The summed E-state index contributed by atoms with van der Waals surface area (Å²) in [4.78, 5) is 11.2. The van der Waals surface area contributed by atoms with Crippen LogP contribution in [0.15, 0.2) is 27.6 Å². The van der Waals surface area contributed by atoms with E-state index in [1.165, 1.54) is 23.5 Å². The Morgan fingerprint density at radius 3 is 2.76 bits per heavy atom. The maximum Gasteiger partial charge on any atom is 0.307 e. The summed E-state index contributed by atoms with van der Waals surface area (Å²) in [6.45, 7) is 0.341. The molecule has 1 aromatic carbocycles.